The van der Waals surface area contributed by atoms with Gasteiger partial charge in [-0.15, -0.1) is 0 Å². The van der Waals surface area contributed by atoms with Crippen LogP contribution in [0.15, 0.2) is 109 Å². The summed E-state index contributed by atoms with van der Waals surface area (Å²) >= 11 is 0. The third-order valence-electron chi connectivity index (χ3n) is 5.74. The molecule has 0 bridgehead atoms. The topological polar surface area (TPSA) is 86.7 Å². The standard InChI is InChI=1S/C30H26N2O4/c33-20-19-32(21-22-15-17-24(18-16-22)23-9-3-1-4-10-23)30(36)28(34)26-13-7-8-14-27(26)31-29(35)25-11-5-2-6-12-25/h1-18,33H,19-21H2,(H,31,35). The Balaban J connectivity index is 1.51. The summed E-state index contributed by atoms with van der Waals surface area (Å²) in [6.07, 6.45) is 0. The highest BCUT2D eigenvalue weighted by Gasteiger charge is 2.26. The molecule has 6 heteroatoms. The van der Waals surface area contributed by atoms with Gasteiger partial charge in [-0.2, -0.15) is 0 Å². The molecule has 2 N–H and O–H groups in total. The molecule has 0 fully saturated rings. The molecule has 0 aliphatic rings. The van der Waals surface area contributed by atoms with Crippen molar-refractivity contribution in [2.24, 2.45) is 0 Å². The number of hydrogen-bond acceptors (Lipinski definition) is 4. The van der Waals surface area contributed by atoms with Gasteiger partial charge in [0.1, 0.15) is 0 Å². The minimum atomic E-state index is -0.756. The van der Waals surface area contributed by atoms with Crippen LogP contribution in [0.25, 0.3) is 11.1 Å². The maximum absolute atomic E-state index is 13.2. The normalized spacial score (nSPS) is 10.5. The molecule has 180 valence electrons. The first-order chi connectivity index (χ1) is 17.6. The van der Waals surface area contributed by atoms with Crippen LogP contribution in [-0.4, -0.2) is 40.8 Å². The van der Waals surface area contributed by atoms with Gasteiger partial charge in [0.25, 0.3) is 17.6 Å². The minimum absolute atomic E-state index is 0.00352. The molecule has 4 rings (SSSR count). The molecule has 0 heterocycles. The van der Waals surface area contributed by atoms with Gasteiger partial charge in [-0.25, -0.2) is 0 Å². The SMILES string of the molecule is O=C(Nc1ccccc1C(=O)C(=O)N(CCO)Cc1ccc(-c2ccccc2)cc1)c1ccccc1. The number of rotatable bonds is 9. The van der Waals surface area contributed by atoms with Crippen LogP contribution in [0.5, 0.6) is 0 Å². The predicted molar refractivity (Wildman–Crippen MR) is 140 cm³/mol. The highest BCUT2D eigenvalue weighted by Crippen LogP contribution is 2.21. The van der Waals surface area contributed by atoms with Gasteiger partial charge in [0.2, 0.25) is 0 Å². The van der Waals surface area contributed by atoms with Crippen LogP contribution >= 0.6 is 0 Å². The lowest BCUT2D eigenvalue weighted by atomic mass is 10.0. The van der Waals surface area contributed by atoms with E-state index in [1.807, 2.05) is 54.6 Å². The van der Waals surface area contributed by atoms with Crippen molar-refractivity contribution in [3.8, 4) is 11.1 Å². The maximum atomic E-state index is 13.2. The number of nitrogens with zero attached hydrogens (tertiary/aromatic N) is 1. The van der Waals surface area contributed by atoms with Crippen molar-refractivity contribution in [3.05, 3.63) is 126 Å². The van der Waals surface area contributed by atoms with Crippen LogP contribution in [-0.2, 0) is 11.3 Å². The van der Waals surface area contributed by atoms with Crippen molar-refractivity contribution < 1.29 is 19.5 Å². The fourth-order valence-electron chi connectivity index (χ4n) is 3.86. The minimum Gasteiger partial charge on any atom is -0.395 e. The first-order valence-corrected chi connectivity index (χ1v) is 11.6. The summed E-state index contributed by atoms with van der Waals surface area (Å²) in [5, 5.41) is 12.3. The number of carbonyl (C=O) groups excluding carboxylic acids is 3. The summed E-state index contributed by atoms with van der Waals surface area (Å²) in [6.45, 7) is -0.115. The van der Waals surface area contributed by atoms with Gasteiger partial charge in [-0.05, 0) is 41.0 Å². The van der Waals surface area contributed by atoms with E-state index >= 15 is 0 Å². The average molecular weight is 479 g/mol. The number of carbonyl (C=O) groups is 3. The highest BCUT2D eigenvalue weighted by molar-refractivity contribution is 6.44. The Hall–Kier alpha value is -4.55. The lowest BCUT2D eigenvalue weighted by Crippen LogP contribution is -2.38. The molecule has 0 radical (unpaired) electrons. The zero-order valence-electron chi connectivity index (χ0n) is 19.6. The molecule has 0 aliphatic heterocycles. The van der Waals surface area contributed by atoms with E-state index in [-0.39, 0.29) is 36.9 Å². The van der Waals surface area contributed by atoms with Crippen molar-refractivity contribution in [1.82, 2.24) is 4.90 Å². The van der Waals surface area contributed by atoms with E-state index in [0.29, 0.717) is 5.56 Å². The third kappa shape index (κ3) is 5.92. The number of hydrogen-bond donors (Lipinski definition) is 2. The molecule has 0 atom stereocenters. The van der Waals surface area contributed by atoms with Gasteiger partial charge < -0.3 is 15.3 Å². The number of ketones is 1. The van der Waals surface area contributed by atoms with Crippen LogP contribution in [0.2, 0.25) is 0 Å². The lowest BCUT2D eigenvalue weighted by molar-refractivity contribution is -0.127. The molecule has 0 spiro atoms. The van der Waals surface area contributed by atoms with E-state index in [9.17, 15) is 19.5 Å². The molecule has 4 aromatic carbocycles. The second kappa shape index (κ2) is 11.7. The zero-order chi connectivity index (χ0) is 25.3. The molecule has 6 nitrogen and oxygen atoms in total. The Morgan fingerprint density at radius 3 is 1.94 bits per heavy atom. The third-order valence-corrected chi connectivity index (χ3v) is 5.74. The number of amides is 2. The molecule has 2 amide bonds. The molecule has 36 heavy (non-hydrogen) atoms. The van der Waals surface area contributed by atoms with Crippen LogP contribution in [0.1, 0.15) is 26.3 Å². The lowest BCUT2D eigenvalue weighted by Gasteiger charge is -2.22. The van der Waals surface area contributed by atoms with Gasteiger partial charge in [-0.1, -0.05) is 84.9 Å². The van der Waals surface area contributed by atoms with Gasteiger partial charge >= 0.3 is 0 Å². The first kappa shape index (κ1) is 24.6. The predicted octanol–water partition coefficient (Wildman–Crippen LogP) is 4.81. The van der Waals surface area contributed by atoms with Gasteiger partial charge in [-0.3, -0.25) is 14.4 Å². The Morgan fingerprint density at radius 2 is 1.28 bits per heavy atom. The van der Waals surface area contributed by atoms with Crippen molar-refractivity contribution in [2.75, 3.05) is 18.5 Å². The zero-order valence-corrected chi connectivity index (χ0v) is 19.6. The molecule has 4 aromatic rings. The molecule has 0 saturated carbocycles. The quantitative estimate of drug-likeness (QED) is 0.267. The summed E-state index contributed by atoms with van der Waals surface area (Å²) in [5.74, 6) is -1.89. The monoisotopic (exact) mass is 478 g/mol. The number of Topliss-reactive ketones (excluding diaryl/α,β-unsaturated/α-hetero) is 1. The van der Waals surface area contributed by atoms with E-state index in [1.165, 1.54) is 11.0 Å². The summed E-state index contributed by atoms with van der Waals surface area (Å²) < 4.78 is 0. The van der Waals surface area contributed by atoms with Gasteiger partial charge in [0, 0.05) is 18.7 Å². The molecule has 0 unspecified atom stereocenters. The maximum Gasteiger partial charge on any atom is 0.295 e. The molecule has 0 aromatic heterocycles. The van der Waals surface area contributed by atoms with E-state index in [1.54, 1.807) is 48.5 Å². The molecule has 0 saturated heterocycles. The second-order valence-electron chi connectivity index (χ2n) is 8.21. The van der Waals surface area contributed by atoms with Crippen LogP contribution in [0, 0.1) is 0 Å². The first-order valence-electron chi connectivity index (χ1n) is 11.6. The molecular weight excluding hydrogens is 452 g/mol. The van der Waals surface area contributed by atoms with Gasteiger partial charge in [0.05, 0.1) is 17.9 Å². The van der Waals surface area contributed by atoms with E-state index in [2.05, 4.69) is 5.32 Å². The Kier molecular flexibility index (Phi) is 8.01. The fourth-order valence-corrected chi connectivity index (χ4v) is 3.86. The number of aliphatic hydroxyl groups is 1. The number of anilines is 1. The number of nitrogens with one attached hydrogen (secondary N) is 1. The van der Waals surface area contributed by atoms with E-state index in [0.717, 1.165) is 16.7 Å². The fraction of sp³-hybridized carbons (Fsp3) is 0.100. The van der Waals surface area contributed by atoms with Crippen LogP contribution < -0.4 is 5.32 Å². The van der Waals surface area contributed by atoms with Crippen molar-refractivity contribution >= 4 is 23.3 Å². The highest BCUT2D eigenvalue weighted by atomic mass is 16.3. The Bertz CT molecular complexity index is 1340. The van der Waals surface area contributed by atoms with Crippen molar-refractivity contribution in [1.29, 1.82) is 0 Å². The van der Waals surface area contributed by atoms with E-state index in [4.69, 9.17) is 0 Å². The summed E-state index contributed by atoms with van der Waals surface area (Å²) in [6, 6.07) is 32.7. The molecule has 0 aliphatic carbocycles. The summed E-state index contributed by atoms with van der Waals surface area (Å²) in [5.41, 5.74) is 3.73. The van der Waals surface area contributed by atoms with Crippen LogP contribution in [0.3, 0.4) is 0 Å². The number of aliphatic hydroxyl groups excluding tert-OH is 1. The Morgan fingerprint density at radius 1 is 0.694 bits per heavy atom. The van der Waals surface area contributed by atoms with Crippen molar-refractivity contribution in [2.45, 2.75) is 6.54 Å². The summed E-state index contributed by atoms with van der Waals surface area (Å²) in [4.78, 5) is 40.3. The smallest absolute Gasteiger partial charge is 0.295 e. The largest absolute Gasteiger partial charge is 0.395 e. The van der Waals surface area contributed by atoms with Crippen LogP contribution in [0.4, 0.5) is 5.69 Å². The number of benzene rings is 4. The molecular formula is C30H26N2O4. The second-order valence-corrected chi connectivity index (χ2v) is 8.21. The average Bonchev–Trinajstić information content (AvgIpc) is 2.93. The van der Waals surface area contributed by atoms with Gasteiger partial charge in [0.15, 0.2) is 0 Å². The van der Waals surface area contributed by atoms with E-state index < -0.39 is 11.7 Å². The van der Waals surface area contributed by atoms with Crippen molar-refractivity contribution in [3.63, 3.8) is 0 Å². The Labute approximate surface area is 209 Å². The summed E-state index contributed by atoms with van der Waals surface area (Å²) in [7, 11) is 0. The number of para-hydroxylation sites is 1.